The Labute approximate surface area is 213 Å². The molecule has 0 bridgehead atoms. The molecule has 4 aromatic rings. The van der Waals surface area contributed by atoms with Crippen LogP contribution in [0.15, 0.2) is 72.0 Å². The smallest absolute Gasteiger partial charge is 0.407 e. The highest BCUT2D eigenvalue weighted by atomic mass is 16.4. The molecule has 2 aromatic carbocycles. The molecule has 2 aliphatic rings. The molecule has 0 spiro atoms. The predicted molar refractivity (Wildman–Crippen MR) is 142 cm³/mol. The van der Waals surface area contributed by atoms with Crippen LogP contribution in [0.5, 0.6) is 0 Å². The molecule has 0 atom stereocenters. The molecule has 2 amide bonds. The number of rotatable bonds is 3. The van der Waals surface area contributed by atoms with E-state index in [-0.39, 0.29) is 11.3 Å². The number of carbonyl (C=O) groups is 2. The number of pyridine rings is 2. The van der Waals surface area contributed by atoms with E-state index in [1.54, 1.807) is 23.5 Å². The summed E-state index contributed by atoms with van der Waals surface area (Å²) in [5.74, 6) is -0.117. The van der Waals surface area contributed by atoms with Crippen molar-refractivity contribution >= 4 is 40.6 Å². The van der Waals surface area contributed by atoms with Gasteiger partial charge in [-0.25, -0.2) is 14.8 Å². The molecule has 0 aliphatic carbocycles. The Morgan fingerprint density at radius 1 is 1.03 bits per heavy atom. The lowest BCUT2D eigenvalue weighted by molar-refractivity contribution is 0.0996. The number of nitrogens with zero attached hydrogens (tertiary/aromatic N) is 5. The van der Waals surface area contributed by atoms with Gasteiger partial charge in [-0.05, 0) is 53.1 Å². The van der Waals surface area contributed by atoms with Crippen molar-refractivity contribution in [2.45, 2.75) is 32.4 Å². The van der Waals surface area contributed by atoms with Crippen molar-refractivity contribution in [2.24, 2.45) is 4.99 Å². The van der Waals surface area contributed by atoms with Crippen molar-refractivity contribution in [2.75, 3.05) is 11.4 Å². The van der Waals surface area contributed by atoms with Crippen molar-refractivity contribution in [3.8, 4) is 0 Å². The minimum absolute atomic E-state index is 0.117. The Morgan fingerprint density at radius 3 is 2.70 bits per heavy atom. The fourth-order valence-corrected chi connectivity index (χ4v) is 5.41. The van der Waals surface area contributed by atoms with E-state index in [4.69, 9.17) is 4.99 Å². The van der Waals surface area contributed by atoms with E-state index in [9.17, 15) is 14.7 Å². The second kappa shape index (κ2) is 8.51. The van der Waals surface area contributed by atoms with Gasteiger partial charge in [0.1, 0.15) is 0 Å². The molecule has 6 rings (SSSR count). The monoisotopic (exact) mass is 491 g/mol. The van der Waals surface area contributed by atoms with Gasteiger partial charge in [-0.3, -0.25) is 9.79 Å². The third-order valence-electron chi connectivity index (χ3n) is 7.16. The highest BCUT2D eigenvalue weighted by Crippen LogP contribution is 2.39. The number of carbonyl (C=O) groups excluding carboxylic acids is 1. The summed E-state index contributed by atoms with van der Waals surface area (Å²) in [5, 5.41) is 10.5. The fourth-order valence-electron chi connectivity index (χ4n) is 5.41. The average molecular weight is 492 g/mol. The second-order valence-electron chi connectivity index (χ2n) is 10.1. The molecule has 0 saturated carbocycles. The zero-order chi connectivity index (χ0) is 25.7. The van der Waals surface area contributed by atoms with E-state index >= 15 is 0 Å². The van der Waals surface area contributed by atoms with E-state index < -0.39 is 6.09 Å². The van der Waals surface area contributed by atoms with E-state index in [0.717, 1.165) is 33.3 Å². The van der Waals surface area contributed by atoms with Gasteiger partial charge in [-0.2, -0.15) is 0 Å². The molecule has 0 radical (unpaired) electrons. The summed E-state index contributed by atoms with van der Waals surface area (Å²) in [7, 11) is 0. The molecule has 1 N–H and O–H groups in total. The third kappa shape index (κ3) is 3.91. The minimum Gasteiger partial charge on any atom is -0.465 e. The Hall–Kier alpha value is -4.59. The fraction of sp³-hybridized carbons (Fsp3) is 0.207. The van der Waals surface area contributed by atoms with Gasteiger partial charge in [0.2, 0.25) is 0 Å². The van der Waals surface area contributed by atoms with Crippen molar-refractivity contribution in [3.63, 3.8) is 0 Å². The van der Waals surface area contributed by atoms with Gasteiger partial charge in [0.15, 0.2) is 5.65 Å². The van der Waals surface area contributed by atoms with Crippen LogP contribution in [0.2, 0.25) is 0 Å². The molecule has 37 heavy (non-hydrogen) atoms. The molecule has 0 unspecified atom stereocenters. The van der Waals surface area contributed by atoms with Crippen LogP contribution < -0.4 is 4.90 Å². The Kier molecular flexibility index (Phi) is 5.26. The van der Waals surface area contributed by atoms with Crippen LogP contribution in [0.1, 0.15) is 46.5 Å². The van der Waals surface area contributed by atoms with Gasteiger partial charge in [0, 0.05) is 53.7 Å². The summed E-state index contributed by atoms with van der Waals surface area (Å²) < 4.78 is 0. The predicted octanol–water partition coefficient (Wildman–Crippen LogP) is 5.31. The Morgan fingerprint density at radius 2 is 1.86 bits per heavy atom. The Balaban J connectivity index is 1.33. The molecular formula is C29H25N5O3. The summed E-state index contributed by atoms with van der Waals surface area (Å²) in [6, 6.07) is 17.3. The maximum atomic E-state index is 13.6. The maximum Gasteiger partial charge on any atom is 0.407 e. The molecular weight excluding hydrogens is 466 g/mol. The van der Waals surface area contributed by atoms with E-state index in [0.29, 0.717) is 36.5 Å². The van der Waals surface area contributed by atoms with E-state index in [1.165, 1.54) is 4.90 Å². The van der Waals surface area contributed by atoms with Crippen molar-refractivity contribution < 1.29 is 14.7 Å². The van der Waals surface area contributed by atoms with Crippen molar-refractivity contribution in [1.29, 1.82) is 0 Å². The number of amides is 2. The zero-order valence-corrected chi connectivity index (χ0v) is 20.5. The van der Waals surface area contributed by atoms with Gasteiger partial charge in [-0.15, -0.1) is 0 Å². The van der Waals surface area contributed by atoms with Crippen molar-refractivity contribution in [3.05, 3.63) is 94.8 Å². The first-order chi connectivity index (χ1) is 17.8. The number of hydrogen-bond acceptors (Lipinski definition) is 5. The zero-order valence-electron chi connectivity index (χ0n) is 20.5. The minimum atomic E-state index is -0.936. The second-order valence-corrected chi connectivity index (χ2v) is 10.1. The SMILES string of the molecule is CC1(C)CN(C(=O)O)Cc2cc(N3Cc4cccc(N=Cc5ccnc6ncccc56)c4C3=O)ccc21. The highest BCUT2D eigenvalue weighted by Gasteiger charge is 2.36. The summed E-state index contributed by atoms with van der Waals surface area (Å²) in [6.45, 7) is 5.27. The molecule has 184 valence electrons. The molecule has 8 nitrogen and oxygen atoms in total. The molecule has 2 aliphatic heterocycles. The number of benzene rings is 2. The maximum absolute atomic E-state index is 13.6. The molecule has 8 heteroatoms. The number of fused-ring (bicyclic) bond motifs is 3. The first kappa shape index (κ1) is 22.8. The lowest BCUT2D eigenvalue weighted by Gasteiger charge is -2.39. The lowest BCUT2D eigenvalue weighted by Crippen LogP contribution is -2.44. The quantitative estimate of drug-likeness (QED) is 0.392. The van der Waals surface area contributed by atoms with Gasteiger partial charge in [0.05, 0.1) is 17.8 Å². The van der Waals surface area contributed by atoms with Gasteiger partial charge in [-0.1, -0.05) is 32.0 Å². The molecule has 0 saturated heterocycles. The van der Waals surface area contributed by atoms with Crippen LogP contribution in [0, 0.1) is 0 Å². The highest BCUT2D eigenvalue weighted by molar-refractivity contribution is 6.13. The van der Waals surface area contributed by atoms with Gasteiger partial charge in [0.25, 0.3) is 5.91 Å². The molecule has 2 aromatic heterocycles. The van der Waals surface area contributed by atoms with Crippen molar-refractivity contribution in [1.82, 2.24) is 14.9 Å². The van der Waals surface area contributed by atoms with E-state index in [1.807, 2.05) is 68.4 Å². The summed E-state index contributed by atoms with van der Waals surface area (Å²) in [4.78, 5) is 41.8. The number of carboxylic acid groups (broad SMARTS) is 1. The van der Waals surface area contributed by atoms with Gasteiger partial charge >= 0.3 is 6.09 Å². The molecule has 0 fully saturated rings. The number of aromatic nitrogens is 2. The van der Waals surface area contributed by atoms with Crippen LogP contribution in [0.4, 0.5) is 16.2 Å². The first-order valence-electron chi connectivity index (χ1n) is 12.1. The Bertz CT molecular complexity index is 1610. The van der Waals surface area contributed by atoms with Crippen LogP contribution >= 0.6 is 0 Å². The standard InChI is InChI=1S/C29H25N5O3/c1-29(2)17-33(28(36)37)15-20-13-21(8-9-23(20)29)34-16-19-5-3-7-24(25(19)27(34)35)32-14-18-10-12-31-26-22(18)6-4-11-30-26/h3-14H,15-17H2,1-2H3,(H,36,37). The molecule has 4 heterocycles. The number of hydrogen-bond donors (Lipinski definition) is 1. The normalized spacial score (nSPS) is 16.3. The largest absolute Gasteiger partial charge is 0.465 e. The van der Waals surface area contributed by atoms with Crippen LogP contribution in [0.3, 0.4) is 0 Å². The number of aliphatic imine (C=N–C) groups is 1. The lowest BCUT2D eigenvalue weighted by atomic mass is 9.78. The summed E-state index contributed by atoms with van der Waals surface area (Å²) >= 11 is 0. The first-order valence-corrected chi connectivity index (χ1v) is 12.1. The summed E-state index contributed by atoms with van der Waals surface area (Å²) in [6.07, 6.45) is 4.21. The number of anilines is 1. The van der Waals surface area contributed by atoms with Crippen LogP contribution in [-0.2, 0) is 18.5 Å². The van der Waals surface area contributed by atoms with Crippen LogP contribution in [-0.4, -0.2) is 44.7 Å². The van der Waals surface area contributed by atoms with E-state index in [2.05, 4.69) is 9.97 Å². The van der Waals surface area contributed by atoms with Gasteiger partial charge < -0.3 is 14.9 Å². The average Bonchev–Trinajstić information content (AvgIpc) is 3.23. The topological polar surface area (TPSA) is 99.0 Å². The van der Waals surface area contributed by atoms with Crippen LogP contribution in [0.25, 0.3) is 11.0 Å². The summed E-state index contributed by atoms with van der Waals surface area (Å²) in [5.41, 5.74) is 6.10. The third-order valence-corrected chi connectivity index (χ3v) is 7.16.